The SMILES string of the molecule is CCNC(=NCCN1CCCCC1)NCCc1csc(C(C)C)n1.I. The Morgan fingerprint density at radius 1 is 1.28 bits per heavy atom. The Balaban J connectivity index is 0.00000312. The molecule has 2 N–H and O–H groups in total. The Kier molecular flexibility index (Phi) is 11.6. The van der Waals surface area contributed by atoms with Gasteiger partial charge < -0.3 is 15.5 Å². The second kappa shape index (κ2) is 12.9. The van der Waals surface area contributed by atoms with Gasteiger partial charge in [-0.3, -0.25) is 4.99 Å². The van der Waals surface area contributed by atoms with Crippen molar-refractivity contribution in [1.82, 2.24) is 20.5 Å². The number of thiazole rings is 1. The number of halogens is 1. The molecule has 1 saturated heterocycles. The molecule has 25 heavy (non-hydrogen) atoms. The van der Waals surface area contributed by atoms with Crippen LogP contribution in [-0.2, 0) is 6.42 Å². The molecule has 0 amide bonds. The maximum atomic E-state index is 4.71. The molecular formula is C18H34IN5S. The summed E-state index contributed by atoms with van der Waals surface area (Å²) in [4.78, 5) is 11.9. The number of aliphatic imine (C=N–C) groups is 1. The summed E-state index contributed by atoms with van der Waals surface area (Å²) in [5, 5.41) is 10.2. The van der Waals surface area contributed by atoms with Gasteiger partial charge in [0, 0.05) is 37.4 Å². The number of hydrogen-bond acceptors (Lipinski definition) is 4. The van der Waals surface area contributed by atoms with E-state index in [2.05, 4.69) is 46.7 Å². The van der Waals surface area contributed by atoms with Crippen LogP contribution < -0.4 is 10.6 Å². The van der Waals surface area contributed by atoms with Crippen molar-refractivity contribution in [2.45, 2.75) is 52.4 Å². The summed E-state index contributed by atoms with van der Waals surface area (Å²) in [5.41, 5.74) is 1.18. The van der Waals surface area contributed by atoms with Crippen LogP contribution in [0, 0.1) is 0 Å². The number of nitrogens with zero attached hydrogens (tertiary/aromatic N) is 3. The number of guanidine groups is 1. The zero-order chi connectivity index (χ0) is 17.2. The third-order valence-corrected chi connectivity index (χ3v) is 5.41. The first kappa shape index (κ1) is 22.6. The van der Waals surface area contributed by atoms with Crippen LogP contribution in [0.3, 0.4) is 0 Å². The Bertz CT molecular complexity index is 497. The van der Waals surface area contributed by atoms with Crippen molar-refractivity contribution >= 4 is 41.3 Å². The molecule has 1 aliphatic heterocycles. The van der Waals surface area contributed by atoms with Crippen molar-refractivity contribution in [3.05, 3.63) is 16.1 Å². The summed E-state index contributed by atoms with van der Waals surface area (Å²) in [6.07, 6.45) is 5.01. The predicted octanol–water partition coefficient (Wildman–Crippen LogP) is 3.47. The van der Waals surface area contributed by atoms with Crippen LogP contribution in [0.2, 0.25) is 0 Å². The molecule has 0 aliphatic carbocycles. The lowest BCUT2D eigenvalue weighted by Gasteiger charge is -2.25. The Morgan fingerprint density at radius 3 is 2.68 bits per heavy atom. The van der Waals surface area contributed by atoms with Crippen LogP contribution in [0.1, 0.15) is 56.7 Å². The van der Waals surface area contributed by atoms with Gasteiger partial charge in [-0.25, -0.2) is 4.98 Å². The molecule has 0 aromatic carbocycles. The molecule has 5 nitrogen and oxygen atoms in total. The van der Waals surface area contributed by atoms with Crippen LogP contribution in [-0.4, -0.2) is 55.1 Å². The number of nitrogens with one attached hydrogen (secondary N) is 2. The van der Waals surface area contributed by atoms with Gasteiger partial charge in [0.1, 0.15) is 0 Å². The standard InChI is InChI=1S/C18H33N5S.HI/c1-4-19-18(21-10-13-23-11-6-5-7-12-23)20-9-8-16-14-24-17(22-16)15(2)3;/h14-15H,4-13H2,1-3H3,(H2,19,20,21);1H. The lowest BCUT2D eigenvalue weighted by atomic mass is 10.1. The van der Waals surface area contributed by atoms with E-state index in [1.165, 1.54) is 43.1 Å². The molecule has 144 valence electrons. The van der Waals surface area contributed by atoms with Crippen molar-refractivity contribution in [1.29, 1.82) is 0 Å². The summed E-state index contributed by atoms with van der Waals surface area (Å²) in [6.45, 7) is 12.7. The first-order valence-electron chi connectivity index (χ1n) is 9.38. The molecule has 1 fully saturated rings. The first-order chi connectivity index (χ1) is 11.7. The third-order valence-electron chi connectivity index (χ3n) is 4.22. The molecule has 2 rings (SSSR count). The van der Waals surface area contributed by atoms with E-state index in [0.717, 1.165) is 38.6 Å². The van der Waals surface area contributed by atoms with Crippen molar-refractivity contribution < 1.29 is 0 Å². The third kappa shape index (κ3) is 8.68. The Morgan fingerprint density at radius 2 is 2.04 bits per heavy atom. The Hall–Kier alpha value is -0.410. The monoisotopic (exact) mass is 479 g/mol. The van der Waals surface area contributed by atoms with Gasteiger partial charge in [-0.15, -0.1) is 35.3 Å². The largest absolute Gasteiger partial charge is 0.357 e. The fraction of sp³-hybridized carbons (Fsp3) is 0.778. The minimum Gasteiger partial charge on any atom is -0.357 e. The van der Waals surface area contributed by atoms with Crippen LogP contribution in [0.25, 0.3) is 0 Å². The smallest absolute Gasteiger partial charge is 0.191 e. The molecular weight excluding hydrogens is 445 g/mol. The van der Waals surface area contributed by atoms with Crippen molar-refractivity contribution in [3.8, 4) is 0 Å². The maximum Gasteiger partial charge on any atom is 0.191 e. The van der Waals surface area contributed by atoms with Crippen LogP contribution >= 0.6 is 35.3 Å². The van der Waals surface area contributed by atoms with Crippen molar-refractivity contribution in [2.75, 3.05) is 39.3 Å². The summed E-state index contributed by atoms with van der Waals surface area (Å²) < 4.78 is 0. The van der Waals surface area contributed by atoms with E-state index in [1.807, 2.05) is 0 Å². The van der Waals surface area contributed by atoms with Gasteiger partial charge in [0.05, 0.1) is 17.2 Å². The lowest BCUT2D eigenvalue weighted by Crippen LogP contribution is -2.39. The van der Waals surface area contributed by atoms with E-state index in [-0.39, 0.29) is 24.0 Å². The van der Waals surface area contributed by atoms with Crippen molar-refractivity contribution in [2.24, 2.45) is 4.99 Å². The Labute approximate surface area is 174 Å². The van der Waals surface area contributed by atoms with Crippen LogP contribution in [0.15, 0.2) is 10.4 Å². The van der Waals surface area contributed by atoms with E-state index in [1.54, 1.807) is 11.3 Å². The van der Waals surface area contributed by atoms with Crippen molar-refractivity contribution in [3.63, 3.8) is 0 Å². The second-order valence-electron chi connectivity index (χ2n) is 6.67. The summed E-state index contributed by atoms with van der Waals surface area (Å²) in [7, 11) is 0. The molecule has 0 atom stereocenters. The molecule has 7 heteroatoms. The molecule has 1 aromatic rings. The van der Waals surface area contributed by atoms with Gasteiger partial charge in [0.25, 0.3) is 0 Å². The van der Waals surface area contributed by atoms with Gasteiger partial charge in [-0.2, -0.15) is 0 Å². The fourth-order valence-corrected chi connectivity index (χ4v) is 3.71. The fourth-order valence-electron chi connectivity index (χ4n) is 2.84. The minimum absolute atomic E-state index is 0. The quantitative estimate of drug-likeness (QED) is 0.341. The molecule has 0 radical (unpaired) electrons. The molecule has 0 bridgehead atoms. The first-order valence-corrected chi connectivity index (χ1v) is 10.3. The van der Waals surface area contributed by atoms with Crippen LogP contribution in [0.4, 0.5) is 0 Å². The number of hydrogen-bond donors (Lipinski definition) is 2. The van der Waals surface area contributed by atoms with Gasteiger partial charge in [0.2, 0.25) is 0 Å². The van der Waals surface area contributed by atoms with E-state index in [4.69, 9.17) is 4.99 Å². The van der Waals surface area contributed by atoms with Gasteiger partial charge in [-0.05, 0) is 32.9 Å². The number of aromatic nitrogens is 1. The average molecular weight is 479 g/mol. The molecule has 1 aliphatic rings. The average Bonchev–Trinajstić information content (AvgIpc) is 3.05. The topological polar surface area (TPSA) is 52.6 Å². The van der Waals surface area contributed by atoms with E-state index >= 15 is 0 Å². The zero-order valence-corrected chi connectivity index (χ0v) is 19.0. The predicted molar refractivity (Wildman–Crippen MR) is 120 cm³/mol. The lowest BCUT2D eigenvalue weighted by molar-refractivity contribution is 0.235. The molecule has 0 unspecified atom stereocenters. The van der Waals surface area contributed by atoms with E-state index in [9.17, 15) is 0 Å². The normalized spacial score (nSPS) is 15.9. The summed E-state index contributed by atoms with van der Waals surface area (Å²) in [6, 6.07) is 0. The highest BCUT2D eigenvalue weighted by molar-refractivity contribution is 14.0. The maximum absolute atomic E-state index is 4.71. The highest BCUT2D eigenvalue weighted by atomic mass is 127. The van der Waals surface area contributed by atoms with E-state index < -0.39 is 0 Å². The van der Waals surface area contributed by atoms with E-state index in [0.29, 0.717) is 5.92 Å². The highest BCUT2D eigenvalue weighted by Gasteiger charge is 2.09. The summed E-state index contributed by atoms with van der Waals surface area (Å²) >= 11 is 1.77. The van der Waals surface area contributed by atoms with Gasteiger partial charge >= 0.3 is 0 Å². The van der Waals surface area contributed by atoms with Gasteiger partial charge in [0.15, 0.2) is 5.96 Å². The molecule has 0 spiro atoms. The zero-order valence-electron chi connectivity index (χ0n) is 15.9. The number of likely N-dealkylation sites (tertiary alicyclic amines) is 1. The van der Waals surface area contributed by atoms with Gasteiger partial charge in [-0.1, -0.05) is 20.3 Å². The number of piperidine rings is 1. The summed E-state index contributed by atoms with van der Waals surface area (Å²) in [5.74, 6) is 1.44. The minimum atomic E-state index is 0. The highest BCUT2D eigenvalue weighted by Crippen LogP contribution is 2.19. The molecule has 1 aromatic heterocycles. The number of rotatable bonds is 8. The molecule has 0 saturated carbocycles. The molecule has 2 heterocycles. The second-order valence-corrected chi connectivity index (χ2v) is 7.56. The van der Waals surface area contributed by atoms with Crippen LogP contribution in [0.5, 0.6) is 0 Å².